The number of rotatable bonds is 7. The summed E-state index contributed by atoms with van der Waals surface area (Å²) < 4.78 is 30.2. The Hall–Kier alpha value is -3.55. The highest BCUT2D eigenvalue weighted by Crippen LogP contribution is 2.32. The van der Waals surface area contributed by atoms with E-state index < -0.39 is 56.7 Å². The van der Waals surface area contributed by atoms with Crippen LogP contribution in [0.3, 0.4) is 0 Å². The summed E-state index contributed by atoms with van der Waals surface area (Å²) in [6.45, 7) is 3.81. The smallest absolute Gasteiger partial charge is 0.344 e. The van der Waals surface area contributed by atoms with Gasteiger partial charge in [0.1, 0.15) is 10.6 Å². The van der Waals surface area contributed by atoms with Crippen molar-refractivity contribution in [3.63, 3.8) is 0 Å². The summed E-state index contributed by atoms with van der Waals surface area (Å²) in [7, 11) is -4.51. The Kier molecular flexibility index (Phi) is 6.40. The van der Waals surface area contributed by atoms with Crippen molar-refractivity contribution in [1.29, 1.82) is 0 Å². The summed E-state index contributed by atoms with van der Waals surface area (Å²) in [6, 6.07) is -1.65. The van der Waals surface area contributed by atoms with Crippen molar-refractivity contribution in [2.75, 3.05) is 5.32 Å². The number of amides is 2. The highest BCUT2D eigenvalue weighted by atomic mass is 32.2. The van der Waals surface area contributed by atoms with Gasteiger partial charge in [0.15, 0.2) is 6.10 Å². The number of anilines is 1. The number of aryl methyl sites for hydroxylation is 1. The summed E-state index contributed by atoms with van der Waals surface area (Å²) in [5.41, 5.74) is 0. The largest absolute Gasteiger partial charge is 0.481 e. The number of carboxylic acids is 2. The second kappa shape index (κ2) is 8.44. The van der Waals surface area contributed by atoms with Crippen LogP contribution in [-0.4, -0.2) is 62.4 Å². The molecule has 0 bridgehead atoms. The molecule has 1 aliphatic rings. The molecule has 1 aromatic rings. The van der Waals surface area contributed by atoms with Crippen molar-refractivity contribution in [2.24, 2.45) is 5.92 Å². The number of urea groups is 1. The van der Waals surface area contributed by atoms with Crippen LogP contribution >= 0.6 is 0 Å². The maximum absolute atomic E-state index is 12.7. The van der Waals surface area contributed by atoms with Gasteiger partial charge in [-0.05, 0) is 20.8 Å². The van der Waals surface area contributed by atoms with Gasteiger partial charge in [0, 0.05) is 0 Å². The molecule has 1 aliphatic carbocycles. The lowest BCUT2D eigenvalue weighted by Crippen LogP contribution is -2.52. The summed E-state index contributed by atoms with van der Waals surface area (Å²) >= 11 is 0. The van der Waals surface area contributed by atoms with Crippen LogP contribution in [0, 0.1) is 12.8 Å². The highest BCUT2D eigenvalue weighted by molar-refractivity contribution is 7.91. The fourth-order valence-electron chi connectivity index (χ4n) is 2.43. The Morgan fingerprint density at radius 1 is 1.20 bits per heavy atom. The number of carboxylic acid groups (broad SMARTS) is 2. The molecule has 0 spiro atoms. The number of hydrogen-bond acceptors (Lipinski definition) is 9. The van der Waals surface area contributed by atoms with E-state index in [-0.39, 0.29) is 5.82 Å². The molecule has 0 saturated carbocycles. The summed E-state index contributed by atoms with van der Waals surface area (Å²) in [5.74, 6) is -4.42. The summed E-state index contributed by atoms with van der Waals surface area (Å²) in [4.78, 5) is 45.8. The lowest BCUT2D eigenvalue weighted by atomic mass is 9.89. The second-order valence-corrected chi connectivity index (χ2v) is 8.48. The van der Waals surface area contributed by atoms with Crippen molar-refractivity contribution in [3.8, 4) is 6.01 Å². The van der Waals surface area contributed by atoms with Crippen LogP contribution in [0.25, 0.3) is 0 Å². The first-order chi connectivity index (χ1) is 13.9. The second-order valence-electron chi connectivity index (χ2n) is 6.39. The lowest BCUT2D eigenvalue weighted by Gasteiger charge is -2.31. The number of allylic oxidation sites excluding steroid dienone is 2. The molecule has 13 nitrogen and oxygen atoms in total. The van der Waals surface area contributed by atoms with Crippen LogP contribution in [0.4, 0.5) is 10.7 Å². The topological polar surface area (TPSA) is 198 Å². The first kappa shape index (κ1) is 22.7. The molecule has 4 N–H and O–H groups in total. The first-order valence-electron chi connectivity index (χ1n) is 8.40. The predicted molar refractivity (Wildman–Crippen MR) is 101 cm³/mol. The van der Waals surface area contributed by atoms with Gasteiger partial charge in [-0.1, -0.05) is 24.3 Å². The van der Waals surface area contributed by atoms with Crippen molar-refractivity contribution in [2.45, 2.75) is 31.6 Å². The normalized spacial score (nSPS) is 21.5. The van der Waals surface area contributed by atoms with Gasteiger partial charge in [0.25, 0.3) is 0 Å². The average molecular weight is 441 g/mol. The molecule has 3 unspecified atom stereocenters. The van der Waals surface area contributed by atoms with E-state index in [0.29, 0.717) is 0 Å². The Labute approximate surface area is 170 Å². The highest BCUT2D eigenvalue weighted by Gasteiger charge is 2.48. The van der Waals surface area contributed by atoms with E-state index in [2.05, 4.69) is 20.3 Å². The molecule has 1 aromatic heterocycles. The van der Waals surface area contributed by atoms with E-state index in [9.17, 15) is 27.9 Å². The maximum Gasteiger partial charge on any atom is 0.344 e. The molecular formula is C16H19N5O8S. The quantitative estimate of drug-likeness (QED) is 0.446. The SMILES string of the molecule is Cc1nc(NC(=O)NS(=O)(=O)C2(C)C=CC=CC2C(=O)O)nc(OC(C)C(=O)O)n1. The number of hydrogen-bond donors (Lipinski definition) is 4. The van der Waals surface area contributed by atoms with Crippen LogP contribution in [0.5, 0.6) is 6.01 Å². The van der Waals surface area contributed by atoms with Gasteiger partial charge in [-0.2, -0.15) is 15.0 Å². The summed E-state index contributed by atoms with van der Waals surface area (Å²) in [5, 5.41) is 20.3. The molecule has 2 amide bonds. The standard InChI is InChI=1S/C16H19N5O8S/c1-8(11(22)23)29-15-18-9(2)17-13(20-15)19-14(26)21-30(27,28)16(3)7-5-4-6-10(16)12(24)25/h4-8,10H,1-3H3,(H,22,23)(H,24,25)(H2,17,18,19,20,21,26). The van der Waals surface area contributed by atoms with Crippen LogP contribution in [0.15, 0.2) is 24.3 Å². The van der Waals surface area contributed by atoms with E-state index >= 15 is 0 Å². The molecular weight excluding hydrogens is 422 g/mol. The molecule has 2 rings (SSSR count). The fraction of sp³-hybridized carbons (Fsp3) is 0.375. The molecule has 0 aromatic carbocycles. The zero-order valence-electron chi connectivity index (χ0n) is 16.1. The number of aromatic nitrogens is 3. The van der Waals surface area contributed by atoms with Gasteiger partial charge < -0.3 is 14.9 Å². The Balaban J connectivity index is 2.20. The van der Waals surface area contributed by atoms with E-state index in [1.165, 1.54) is 32.1 Å². The molecule has 0 fully saturated rings. The maximum atomic E-state index is 12.7. The molecule has 3 atom stereocenters. The first-order valence-corrected chi connectivity index (χ1v) is 9.88. The number of nitrogens with one attached hydrogen (secondary N) is 2. The lowest BCUT2D eigenvalue weighted by molar-refractivity contribution is -0.144. The number of ether oxygens (including phenoxy) is 1. The van der Waals surface area contributed by atoms with Crippen LogP contribution in [0.2, 0.25) is 0 Å². The third-order valence-corrected chi connectivity index (χ3v) is 6.12. The van der Waals surface area contributed by atoms with Crippen molar-refractivity contribution < 1.29 is 37.8 Å². The molecule has 162 valence electrons. The average Bonchev–Trinajstić information content (AvgIpc) is 2.60. The van der Waals surface area contributed by atoms with Crippen LogP contribution < -0.4 is 14.8 Å². The van der Waals surface area contributed by atoms with Gasteiger partial charge in [0.05, 0.1) is 5.92 Å². The van der Waals surface area contributed by atoms with Gasteiger partial charge >= 0.3 is 24.0 Å². The summed E-state index contributed by atoms with van der Waals surface area (Å²) in [6.07, 6.45) is 3.83. The molecule has 0 radical (unpaired) electrons. The van der Waals surface area contributed by atoms with E-state index in [1.807, 2.05) is 0 Å². The molecule has 0 aliphatic heterocycles. The van der Waals surface area contributed by atoms with Gasteiger partial charge in [0.2, 0.25) is 16.0 Å². The van der Waals surface area contributed by atoms with E-state index in [1.54, 1.807) is 4.72 Å². The van der Waals surface area contributed by atoms with E-state index in [0.717, 1.165) is 13.0 Å². The number of nitrogens with zero attached hydrogens (tertiary/aromatic N) is 3. The van der Waals surface area contributed by atoms with Gasteiger partial charge in [-0.15, -0.1) is 0 Å². The monoisotopic (exact) mass is 441 g/mol. The molecule has 30 heavy (non-hydrogen) atoms. The third kappa shape index (κ3) is 4.89. The zero-order chi connectivity index (χ0) is 22.7. The molecule has 14 heteroatoms. The van der Waals surface area contributed by atoms with Crippen molar-refractivity contribution in [3.05, 3.63) is 30.1 Å². The van der Waals surface area contributed by atoms with Crippen molar-refractivity contribution in [1.82, 2.24) is 19.7 Å². The Morgan fingerprint density at radius 2 is 1.87 bits per heavy atom. The third-order valence-electron chi connectivity index (χ3n) is 4.11. The number of sulfonamides is 1. The number of carbonyl (C=O) groups excluding carboxylic acids is 1. The number of aliphatic carboxylic acids is 2. The van der Waals surface area contributed by atoms with Crippen LogP contribution in [0.1, 0.15) is 19.7 Å². The predicted octanol–water partition coefficient (Wildman–Crippen LogP) is 0.0687. The van der Waals surface area contributed by atoms with Crippen molar-refractivity contribution >= 4 is 33.9 Å². The van der Waals surface area contributed by atoms with Crippen LogP contribution in [-0.2, 0) is 19.6 Å². The minimum absolute atomic E-state index is 0.0639. The zero-order valence-corrected chi connectivity index (χ0v) is 16.9. The van der Waals surface area contributed by atoms with Gasteiger partial charge in [-0.25, -0.2) is 22.7 Å². The Morgan fingerprint density at radius 3 is 2.47 bits per heavy atom. The molecule has 0 saturated heterocycles. The minimum Gasteiger partial charge on any atom is -0.481 e. The number of carbonyl (C=O) groups is 3. The Bertz CT molecular complexity index is 1040. The molecule has 1 heterocycles. The fourth-order valence-corrected chi connectivity index (χ4v) is 3.72. The van der Waals surface area contributed by atoms with Gasteiger partial charge in [-0.3, -0.25) is 10.1 Å². The van der Waals surface area contributed by atoms with E-state index in [4.69, 9.17) is 9.84 Å². The minimum atomic E-state index is -4.51.